The third kappa shape index (κ3) is 2.76. The molecule has 1 aromatic rings. The highest BCUT2D eigenvalue weighted by molar-refractivity contribution is 5.13. The molecule has 0 amide bonds. The molecule has 3 nitrogen and oxygen atoms in total. The summed E-state index contributed by atoms with van der Waals surface area (Å²) in [6, 6.07) is 4.53. The zero-order valence-electron chi connectivity index (χ0n) is 9.15. The van der Waals surface area contributed by atoms with Crippen molar-refractivity contribution >= 4 is 0 Å². The van der Waals surface area contributed by atoms with Gasteiger partial charge in [0.2, 0.25) is 0 Å². The third-order valence-corrected chi connectivity index (χ3v) is 3.03. The van der Waals surface area contributed by atoms with Gasteiger partial charge in [-0.25, -0.2) is 0 Å². The van der Waals surface area contributed by atoms with Gasteiger partial charge in [0.1, 0.15) is 0 Å². The Labute approximate surface area is 90.9 Å². The van der Waals surface area contributed by atoms with Gasteiger partial charge in [0, 0.05) is 31.6 Å². The van der Waals surface area contributed by atoms with Crippen LogP contribution in [-0.4, -0.2) is 25.2 Å². The highest BCUT2D eigenvalue weighted by Crippen LogP contribution is 2.25. The summed E-state index contributed by atoms with van der Waals surface area (Å²) in [5.74, 6) is 0.697. The molecule has 1 aliphatic heterocycles. The molecule has 1 N–H and O–H groups in total. The van der Waals surface area contributed by atoms with Gasteiger partial charge in [-0.3, -0.25) is 4.98 Å². The van der Waals surface area contributed by atoms with Gasteiger partial charge in [0.05, 0.1) is 0 Å². The maximum Gasteiger partial charge on any atom is 0.0495 e. The van der Waals surface area contributed by atoms with E-state index in [-0.39, 0.29) is 0 Å². The molecule has 1 fully saturated rings. The molecular formula is C12H18N2O. The molecule has 0 saturated carbocycles. The molecule has 1 aliphatic rings. The lowest BCUT2D eigenvalue weighted by Gasteiger charge is -2.19. The van der Waals surface area contributed by atoms with Gasteiger partial charge < -0.3 is 10.1 Å². The minimum atomic E-state index is 0.408. The first-order chi connectivity index (χ1) is 7.40. The van der Waals surface area contributed by atoms with Crippen molar-refractivity contribution in [2.24, 2.45) is 5.92 Å². The molecule has 0 aromatic carbocycles. The van der Waals surface area contributed by atoms with Gasteiger partial charge in [-0.05, 0) is 37.4 Å². The summed E-state index contributed by atoms with van der Waals surface area (Å²) in [5.41, 5.74) is 1.27. The van der Waals surface area contributed by atoms with Crippen molar-refractivity contribution in [1.82, 2.24) is 10.3 Å². The number of pyridine rings is 1. The number of nitrogens with one attached hydrogen (secondary N) is 1. The Bertz CT molecular complexity index is 283. The molecule has 0 spiro atoms. The van der Waals surface area contributed by atoms with Gasteiger partial charge in [-0.1, -0.05) is 6.07 Å². The van der Waals surface area contributed by atoms with Crippen LogP contribution in [0.25, 0.3) is 0 Å². The average molecular weight is 206 g/mol. The quantitative estimate of drug-likeness (QED) is 0.815. The minimum absolute atomic E-state index is 0.408. The first-order valence-corrected chi connectivity index (χ1v) is 5.55. The number of hydrogen-bond donors (Lipinski definition) is 1. The van der Waals surface area contributed by atoms with Gasteiger partial charge in [-0.2, -0.15) is 0 Å². The predicted molar refractivity (Wildman–Crippen MR) is 59.6 cm³/mol. The normalized spacial score (nSPS) is 22.9. The van der Waals surface area contributed by atoms with Crippen LogP contribution in [0.5, 0.6) is 0 Å². The molecule has 2 unspecified atom stereocenters. The van der Waals surface area contributed by atoms with Crippen molar-refractivity contribution < 1.29 is 4.74 Å². The molecular weight excluding hydrogens is 188 g/mol. The Kier molecular flexibility index (Phi) is 3.69. The van der Waals surface area contributed by atoms with Crippen molar-refractivity contribution in [2.75, 3.05) is 20.3 Å². The molecule has 0 bridgehead atoms. The van der Waals surface area contributed by atoms with Crippen LogP contribution < -0.4 is 5.32 Å². The summed E-state index contributed by atoms with van der Waals surface area (Å²) < 4.78 is 5.39. The third-order valence-electron chi connectivity index (χ3n) is 3.03. The lowest BCUT2D eigenvalue weighted by molar-refractivity contribution is 0.181. The molecule has 15 heavy (non-hydrogen) atoms. The monoisotopic (exact) mass is 206 g/mol. The number of ether oxygens (including phenoxy) is 1. The minimum Gasteiger partial charge on any atom is -0.381 e. The first kappa shape index (κ1) is 10.6. The lowest BCUT2D eigenvalue weighted by atomic mass is 9.95. The highest BCUT2D eigenvalue weighted by atomic mass is 16.5. The number of hydrogen-bond acceptors (Lipinski definition) is 3. The van der Waals surface area contributed by atoms with Crippen molar-refractivity contribution in [3.05, 3.63) is 30.1 Å². The van der Waals surface area contributed by atoms with E-state index in [1.54, 1.807) is 0 Å². The summed E-state index contributed by atoms with van der Waals surface area (Å²) in [6.07, 6.45) is 6.09. The van der Waals surface area contributed by atoms with E-state index in [0.29, 0.717) is 12.0 Å². The number of rotatable bonds is 4. The van der Waals surface area contributed by atoms with Crippen LogP contribution in [0, 0.1) is 5.92 Å². The molecule has 82 valence electrons. The summed E-state index contributed by atoms with van der Waals surface area (Å²) in [4.78, 5) is 4.16. The maximum absolute atomic E-state index is 5.39. The largest absolute Gasteiger partial charge is 0.381 e. The van der Waals surface area contributed by atoms with Crippen LogP contribution >= 0.6 is 0 Å². The van der Waals surface area contributed by atoms with Gasteiger partial charge in [0.25, 0.3) is 0 Å². The summed E-state index contributed by atoms with van der Waals surface area (Å²) >= 11 is 0. The fourth-order valence-corrected chi connectivity index (χ4v) is 2.11. The zero-order chi connectivity index (χ0) is 10.5. The van der Waals surface area contributed by atoms with E-state index >= 15 is 0 Å². The van der Waals surface area contributed by atoms with Crippen molar-refractivity contribution in [3.63, 3.8) is 0 Å². The zero-order valence-corrected chi connectivity index (χ0v) is 9.15. The molecule has 1 aromatic heterocycles. The first-order valence-electron chi connectivity index (χ1n) is 5.55. The Morgan fingerprint density at radius 1 is 1.67 bits per heavy atom. The second kappa shape index (κ2) is 5.24. The van der Waals surface area contributed by atoms with Gasteiger partial charge >= 0.3 is 0 Å². The van der Waals surface area contributed by atoms with Gasteiger partial charge in [-0.15, -0.1) is 0 Å². The number of aromatic nitrogens is 1. The molecule has 2 rings (SSSR count). The molecule has 1 saturated heterocycles. The SMILES string of the molecule is CNC(CC1CCOC1)c1cccnc1. The number of nitrogens with zero attached hydrogens (tertiary/aromatic N) is 1. The van der Waals surface area contributed by atoms with E-state index in [1.165, 1.54) is 12.0 Å². The van der Waals surface area contributed by atoms with Crippen LogP contribution in [0.4, 0.5) is 0 Å². The van der Waals surface area contributed by atoms with Crippen molar-refractivity contribution in [1.29, 1.82) is 0 Å². The highest BCUT2D eigenvalue weighted by Gasteiger charge is 2.20. The van der Waals surface area contributed by atoms with E-state index in [4.69, 9.17) is 4.74 Å². The average Bonchev–Trinajstić information content (AvgIpc) is 2.80. The second-order valence-electron chi connectivity index (χ2n) is 4.09. The molecule has 2 atom stereocenters. The summed E-state index contributed by atoms with van der Waals surface area (Å²) in [6.45, 7) is 1.84. The van der Waals surface area contributed by atoms with Crippen molar-refractivity contribution in [3.8, 4) is 0 Å². The van der Waals surface area contributed by atoms with E-state index in [1.807, 2.05) is 25.5 Å². The van der Waals surface area contributed by atoms with Crippen molar-refractivity contribution in [2.45, 2.75) is 18.9 Å². The van der Waals surface area contributed by atoms with E-state index in [9.17, 15) is 0 Å². The van der Waals surface area contributed by atoms with Crippen LogP contribution in [-0.2, 0) is 4.74 Å². The topological polar surface area (TPSA) is 34.1 Å². The Morgan fingerprint density at radius 3 is 3.20 bits per heavy atom. The standard InChI is InChI=1S/C12H18N2O/c1-13-12(7-10-4-6-15-9-10)11-3-2-5-14-8-11/h2-3,5,8,10,12-13H,4,6-7,9H2,1H3. The predicted octanol–water partition coefficient (Wildman–Crippen LogP) is 1.77. The molecule has 2 heterocycles. The Hall–Kier alpha value is -0.930. The van der Waals surface area contributed by atoms with Gasteiger partial charge in [0.15, 0.2) is 0 Å². The Morgan fingerprint density at radius 2 is 2.60 bits per heavy atom. The maximum atomic E-state index is 5.39. The fourth-order valence-electron chi connectivity index (χ4n) is 2.11. The smallest absolute Gasteiger partial charge is 0.0495 e. The molecule has 0 aliphatic carbocycles. The van der Waals surface area contributed by atoms with Crippen LogP contribution in [0.2, 0.25) is 0 Å². The Balaban J connectivity index is 1.97. The van der Waals surface area contributed by atoms with E-state index in [2.05, 4.69) is 16.4 Å². The fraction of sp³-hybridized carbons (Fsp3) is 0.583. The summed E-state index contributed by atoms with van der Waals surface area (Å²) in [5, 5.41) is 3.35. The lowest BCUT2D eigenvalue weighted by Crippen LogP contribution is -2.20. The van der Waals surface area contributed by atoms with Crippen LogP contribution in [0.3, 0.4) is 0 Å². The second-order valence-corrected chi connectivity index (χ2v) is 4.09. The molecule has 0 radical (unpaired) electrons. The summed E-state index contributed by atoms with van der Waals surface area (Å²) in [7, 11) is 2.01. The van der Waals surface area contributed by atoms with E-state index in [0.717, 1.165) is 19.6 Å². The molecule has 3 heteroatoms. The van der Waals surface area contributed by atoms with Crippen LogP contribution in [0.1, 0.15) is 24.4 Å². The van der Waals surface area contributed by atoms with Crippen LogP contribution in [0.15, 0.2) is 24.5 Å². The van der Waals surface area contributed by atoms with E-state index < -0.39 is 0 Å².